The predicted molar refractivity (Wildman–Crippen MR) is 81.2 cm³/mol. The monoisotopic (exact) mass is 327 g/mol. The first-order valence-electron chi connectivity index (χ1n) is 7.22. The predicted octanol–water partition coefficient (Wildman–Crippen LogP) is 2.36. The molecule has 6 heteroatoms. The highest BCUT2D eigenvalue weighted by Crippen LogP contribution is 2.30. The molecule has 3 atom stereocenters. The van der Waals surface area contributed by atoms with Gasteiger partial charge in [0, 0.05) is 29.9 Å². The number of benzene rings is 1. The second-order valence-electron chi connectivity index (χ2n) is 5.94. The van der Waals surface area contributed by atoms with Gasteiger partial charge in [0.25, 0.3) is 0 Å². The maximum Gasteiger partial charge on any atom is 0.181 e. The highest BCUT2D eigenvalue weighted by molar-refractivity contribution is 7.92. The van der Waals surface area contributed by atoms with E-state index < -0.39 is 15.1 Å². The second kappa shape index (κ2) is 5.71. The zero-order valence-corrected chi connectivity index (χ0v) is 13.2. The van der Waals surface area contributed by atoms with Crippen molar-refractivity contribution in [3.8, 4) is 0 Å². The summed E-state index contributed by atoms with van der Waals surface area (Å²) in [4.78, 5) is 12.0. The van der Waals surface area contributed by atoms with Gasteiger partial charge in [-0.3, -0.25) is 4.79 Å². The number of carbonyl (C=O) groups is 1. The molecule has 4 nitrogen and oxygen atoms in total. The number of halogens is 1. The lowest BCUT2D eigenvalue weighted by Gasteiger charge is -2.27. The van der Waals surface area contributed by atoms with E-state index in [0.717, 1.165) is 6.42 Å². The molecular weight excluding hydrogens is 310 g/mol. The molecule has 3 unspecified atom stereocenters. The van der Waals surface area contributed by atoms with E-state index in [2.05, 4.69) is 5.32 Å². The van der Waals surface area contributed by atoms with Crippen molar-refractivity contribution >= 4 is 27.2 Å². The summed E-state index contributed by atoms with van der Waals surface area (Å²) in [6.07, 6.45) is 2.83. The molecule has 0 aliphatic carbocycles. The molecule has 1 aromatic carbocycles. The minimum atomic E-state index is -3.37. The lowest BCUT2D eigenvalue weighted by atomic mass is 9.96. The molecule has 2 heterocycles. The van der Waals surface area contributed by atoms with Gasteiger partial charge in [0.2, 0.25) is 0 Å². The third-order valence-electron chi connectivity index (χ3n) is 4.39. The van der Waals surface area contributed by atoms with Gasteiger partial charge < -0.3 is 5.32 Å². The summed E-state index contributed by atoms with van der Waals surface area (Å²) in [5, 5.41) is 3.50. The molecule has 2 aliphatic heterocycles. The molecule has 2 fully saturated rings. The van der Waals surface area contributed by atoms with Crippen LogP contribution in [0.4, 0.5) is 0 Å². The molecular formula is C15H18ClNO3S. The minimum absolute atomic E-state index is 0.00850. The van der Waals surface area contributed by atoms with Crippen LogP contribution in [-0.4, -0.2) is 31.5 Å². The third-order valence-corrected chi connectivity index (χ3v) is 6.87. The number of nitrogens with one attached hydrogen (secondary N) is 1. The Labute approximate surface area is 129 Å². The molecule has 0 aromatic heterocycles. The van der Waals surface area contributed by atoms with Crippen LogP contribution >= 0.6 is 11.6 Å². The van der Waals surface area contributed by atoms with Crippen molar-refractivity contribution in [3.63, 3.8) is 0 Å². The van der Waals surface area contributed by atoms with Crippen LogP contribution in [-0.2, 0) is 14.6 Å². The topological polar surface area (TPSA) is 63.2 Å². The fraction of sp³-hybridized carbons (Fsp3) is 0.533. The number of hydrogen-bond donors (Lipinski definition) is 1. The van der Waals surface area contributed by atoms with E-state index in [1.54, 1.807) is 24.3 Å². The zero-order valence-electron chi connectivity index (χ0n) is 11.6. The standard InChI is InChI=1S/C15H18ClNO3S/c16-10-1-4-14(5-2-10)21(19,20)15-6-3-11-7-13(18)8-12(9-15)17-11/h1-2,4-5,11-12,15,17H,3,6-9H2. The van der Waals surface area contributed by atoms with E-state index in [9.17, 15) is 13.2 Å². The summed E-state index contributed by atoms with van der Waals surface area (Å²) in [6.45, 7) is 0. The van der Waals surface area contributed by atoms with E-state index in [-0.39, 0.29) is 17.9 Å². The maximum atomic E-state index is 12.8. The van der Waals surface area contributed by atoms with Crippen molar-refractivity contribution < 1.29 is 13.2 Å². The largest absolute Gasteiger partial charge is 0.310 e. The number of rotatable bonds is 2. The van der Waals surface area contributed by atoms with E-state index in [1.165, 1.54) is 0 Å². The smallest absolute Gasteiger partial charge is 0.181 e. The van der Waals surface area contributed by atoms with Crippen LogP contribution in [0.5, 0.6) is 0 Å². The van der Waals surface area contributed by atoms with Crippen molar-refractivity contribution in [3.05, 3.63) is 29.3 Å². The average Bonchev–Trinajstić information content (AvgIpc) is 2.58. The van der Waals surface area contributed by atoms with Crippen LogP contribution in [0.25, 0.3) is 0 Å². The summed E-state index contributed by atoms with van der Waals surface area (Å²) >= 11 is 5.82. The fourth-order valence-electron chi connectivity index (χ4n) is 3.34. The Morgan fingerprint density at radius 2 is 1.71 bits per heavy atom. The maximum absolute atomic E-state index is 12.8. The molecule has 0 spiro atoms. The van der Waals surface area contributed by atoms with Crippen LogP contribution in [0.2, 0.25) is 5.02 Å². The molecule has 2 bridgehead atoms. The first-order valence-corrected chi connectivity index (χ1v) is 9.15. The van der Waals surface area contributed by atoms with Crippen LogP contribution in [0, 0.1) is 0 Å². The van der Waals surface area contributed by atoms with Gasteiger partial charge in [-0.2, -0.15) is 0 Å². The summed E-state index contributed by atoms with van der Waals surface area (Å²) in [5.41, 5.74) is 0. The van der Waals surface area contributed by atoms with Crippen molar-refractivity contribution in [1.82, 2.24) is 5.32 Å². The number of carbonyl (C=O) groups excluding carboxylic acids is 1. The summed E-state index contributed by atoms with van der Waals surface area (Å²) in [6, 6.07) is 6.46. The lowest BCUT2D eigenvalue weighted by molar-refractivity contribution is -0.121. The van der Waals surface area contributed by atoms with Crippen molar-refractivity contribution in [1.29, 1.82) is 0 Å². The SMILES string of the molecule is O=C1CC2CCC(S(=O)(=O)c3ccc(Cl)cc3)CC(C1)N2. The molecule has 114 valence electrons. The van der Waals surface area contributed by atoms with E-state index in [4.69, 9.17) is 11.6 Å². The summed E-state index contributed by atoms with van der Waals surface area (Å²) in [7, 11) is -3.37. The number of sulfone groups is 1. The molecule has 1 aromatic rings. The number of piperidine rings is 1. The molecule has 0 amide bonds. The first kappa shape index (κ1) is 15.0. The molecule has 0 saturated carbocycles. The third kappa shape index (κ3) is 3.15. The highest BCUT2D eigenvalue weighted by atomic mass is 35.5. The van der Waals surface area contributed by atoms with Gasteiger partial charge in [0.05, 0.1) is 10.1 Å². The fourth-order valence-corrected chi connectivity index (χ4v) is 5.30. The van der Waals surface area contributed by atoms with Gasteiger partial charge in [-0.25, -0.2) is 8.42 Å². The van der Waals surface area contributed by atoms with Crippen molar-refractivity contribution in [2.45, 2.75) is 54.3 Å². The zero-order chi connectivity index (χ0) is 15.0. The van der Waals surface area contributed by atoms with Gasteiger partial charge in [0.15, 0.2) is 9.84 Å². The summed E-state index contributed by atoms with van der Waals surface area (Å²) in [5.74, 6) is 0.244. The Bertz CT molecular complexity index is 641. The Balaban J connectivity index is 1.85. The quantitative estimate of drug-likeness (QED) is 0.905. The second-order valence-corrected chi connectivity index (χ2v) is 8.61. The van der Waals surface area contributed by atoms with Gasteiger partial charge in [-0.05, 0) is 43.5 Å². The van der Waals surface area contributed by atoms with E-state index in [1.807, 2.05) is 0 Å². The Hall–Kier alpha value is -0.910. The number of Topliss-reactive ketones (excluding diaryl/α,β-unsaturated/α-hetero) is 1. The van der Waals surface area contributed by atoms with Gasteiger partial charge in [-0.1, -0.05) is 11.6 Å². The number of ketones is 1. The Morgan fingerprint density at radius 3 is 2.43 bits per heavy atom. The van der Waals surface area contributed by atoms with Gasteiger partial charge >= 0.3 is 0 Å². The highest BCUT2D eigenvalue weighted by Gasteiger charge is 2.37. The first-order chi connectivity index (χ1) is 9.95. The lowest BCUT2D eigenvalue weighted by Crippen LogP contribution is -2.45. The molecule has 0 radical (unpaired) electrons. The van der Waals surface area contributed by atoms with Crippen LogP contribution in [0.1, 0.15) is 32.1 Å². The molecule has 1 N–H and O–H groups in total. The molecule has 2 aliphatic rings. The minimum Gasteiger partial charge on any atom is -0.310 e. The van der Waals surface area contributed by atoms with E-state index in [0.29, 0.717) is 35.6 Å². The van der Waals surface area contributed by atoms with Gasteiger partial charge in [-0.15, -0.1) is 0 Å². The molecule has 3 rings (SSSR count). The van der Waals surface area contributed by atoms with E-state index >= 15 is 0 Å². The van der Waals surface area contributed by atoms with Crippen LogP contribution in [0.15, 0.2) is 29.2 Å². The Kier molecular flexibility index (Phi) is 4.08. The number of fused-ring (bicyclic) bond motifs is 2. The van der Waals surface area contributed by atoms with Crippen LogP contribution in [0.3, 0.4) is 0 Å². The summed E-state index contributed by atoms with van der Waals surface area (Å²) < 4.78 is 25.5. The Morgan fingerprint density at radius 1 is 1.05 bits per heavy atom. The normalized spacial score (nSPS) is 30.0. The van der Waals surface area contributed by atoms with Crippen LogP contribution < -0.4 is 5.32 Å². The van der Waals surface area contributed by atoms with Crippen molar-refractivity contribution in [2.24, 2.45) is 0 Å². The average molecular weight is 328 g/mol. The molecule has 2 saturated heterocycles. The van der Waals surface area contributed by atoms with Crippen molar-refractivity contribution in [2.75, 3.05) is 0 Å². The number of hydrogen-bond acceptors (Lipinski definition) is 4. The van der Waals surface area contributed by atoms with Gasteiger partial charge in [0.1, 0.15) is 5.78 Å². The molecule has 21 heavy (non-hydrogen) atoms.